The Labute approximate surface area is 125 Å². The smallest absolute Gasteiger partial charge is 0.356 e. The fourth-order valence-corrected chi connectivity index (χ4v) is 3.48. The number of rotatable bonds is 3. The maximum atomic E-state index is 11.9. The molecule has 0 bridgehead atoms. The van der Waals surface area contributed by atoms with Gasteiger partial charge in [0.05, 0.1) is 23.6 Å². The van der Waals surface area contributed by atoms with E-state index in [9.17, 15) is 14.7 Å². The van der Waals surface area contributed by atoms with Crippen LogP contribution < -0.4 is 0 Å². The Hall–Kier alpha value is -2.15. The minimum atomic E-state index is -1.11. The highest BCUT2D eigenvalue weighted by Crippen LogP contribution is 2.36. The molecule has 2 aromatic rings. The summed E-state index contributed by atoms with van der Waals surface area (Å²) in [5, 5.41) is 11.3. The molecular formula is C14H14N2O4S. The molecule has 0 aromatic carbocycles. The largest absolute Gasteiger partial charge is 0.476 e. The number of carboxylic acid groups (broad SMARTS) is 1. The maximum Gasteiger partial charge on any atom is 0.356 e. The maximum absolute atomic E-state index is 11.9. The predicted molar refractivity (Wildman–Crippen MR) is 76.5 cm³/mol. The van der Waals surface area contributed by atoms with E-state index in [1.165, 1.54) is 18.4 Å². The van der Waals surface area contributed by atoms with Crippen LogP contribution in [-0.2, 0) is 16.1 Å². The summed E-state index contributed by atoms with van der Waals surface area (Å²) in [6, 6.07) is 3.79. The number of hydrogen-bond acceptors (Lipinski definition) is 5. The number of nitrogens with zero attached hydrogens (tertiary/aromatic N) is 2. The van der Waals surface area contributed by atoms with Crippen molar-refractivity contribution in [1.82, 2.24) is 9.55 Å². The number of imidazole rings is 1. The van der Waals surface area contributed by atoms with Gasteiger partial charge in [0.1, 0.15) is 0 Å². The quantitative estimate of drug-likeness (QED) is 0.880. The molecule has 6 nitrogen and oxygen atoms in total. The monoisotopic (exact) mass is 306 g/mol. The van der Waals surface area contributed by atoms with Crippen LogP contribution in [0.1, 0.15) is 34.9 Å². The van der Waals surface area contributed by atoms with Crippen LogP contribution in [0.4, 0.5) is 0 Å². The summed E-state index contributed by atoms with van der Waals surface area (Å²) in [6.07, 6.45) is 1.38. The van der Waals surface area contributed by atoms with Gasteiger partial charge in [-0.1, -0.05) is 6.07 Å². The number of fused-ring (bicyclic) bond motifs is 1. The molecule has 1 aliphatic rings. The van der Waals surface area contributed by atoms with Gasteiger partial charge < -0.3 is 14.4 Å². The molecule has 21 heavy (non-hydrogen) atoms. The molecule has 1 unspecified atom stereocenters. The molecule has 0 aliphatic carbocycles. The summed E-state index contributed by atoms with van der Waals surface area (Å²) in [7, 11) is 1.32. The molecule has 1 N–H and O–H groups in total. The minimum absolute atomic E-state index is 0.0477. The van der Waals surface area contributed by atoms with Crippen LogP contribution in [0.2, 0.25) is 0 Å². The number of carbonyl (C=O) groups is 2. The van der Waals surface area contributed by atoms with Gasteiger partial charge in [-0.05, 0) is 24.3 Å². The highest BCUT2D eigenvalue weighted by atomic mass is 32.1. The summed E-state index contributed by atoms with van der Waals surface area (Å²) in [5.74, 6) is -1.46. The third-order valence-electron chi connectivity index (χ3n) is 3.64. The van der Waals surface area contributed by atoms with Crippen LogP contribution in [0.5, 0.6) is 0 Å². The molecule has 110 valence electrons. The zero-order valence-electron chi connectivity index (χ0n) is 11.4. The number of aromatic nitrogens is 2. The average molecular weight is 306 g/mol. The molecule has 0 spiro atoms. The van der Waals surface area contributed by atoms with Gasteiger partial charge in [0.15, 0.2) is 11.5 Å². The molecule has 7 heteroatoms. The number of carbonyl (C=O) groups excluding carboxylic acids is 1. The van der Waals surface area contributed by atoms with Crippen molar-refractivity contribution in [3.63, 3.8) is 0 Å². The lowest BCUT2D eigenvalue weighted by Gasteiger charge is -2.23. The Bertz CT molecular complexity index is 690. The van der Waals surface area contributed by atoms with Gasteiger partial charge in [-0.25, -0.2) is 9.78 Å². The summed E-state index contributed by atoms with van der Waals surface area (Å²) in [5.41, 5.74) is 0.414. The summed E-state index contributed by atoms with van der Waals surface area (Å²) >= 11 is 1.50. The zero-order valence-corrected chi connectivity index (χ0v) is 12.2. The summed E-state index contributed by atoms with van der Waals surface area (Å²) < 4.78 is 6.66. The third-order valence-corrected chi connectivity index (χ3v) is 4.51. The van der Waals surface area contributed by atoms with Crippen molar-refractivity contribution < 1.29 is 19.4 Å². The Morgan fingerprint density at radius 1 is 1.52 bits per heavy atom. The Morgan fingerprint density at radius 3 is 2.95 bits per heavy atom. The van der Waals surface area contributed by atoms with E-state index in [1.54, 1.807) is 0 Å². The van der Waals surface area contributed by atoms with E-state index >= 15 is 0 Å². The third kappa shape index (κ3) is 2.23. The van der Waals surface area contributed by atoms with E-state index in [0.717, 1.165) is 11.3 Å². The van der Waals surface area contributed by atoms with E-state index in [2.05, 4.69) is 4.98 Å². The first kappa shape index (κ1) is 13.8. The molecule has 1 atom stereocenters. The van der Waals surface area contributed by atoms with Crippen LogP contribution in [0.25, 0.3) is 10.7 Å². The molecule has 0 radical (unpaired) electrons. The van der Waals surface area contributed by atoms with Crippen molar-refractivity contribution in [3.05, 3.63) is 28.9 Å². The Morgan fingerprint density at radius 2 is 2.33 bits per heavy atom. The van der Waals surface area contributed by atoms with Crippen molar-refractivity contribution in [3.8, 4) is 10.7 Å². The molecular weight excluding hydrogens is 292 g/mol. The van der Waals surface area contributed by atoms with Crippen LogP contribution in [-0.4, -0.2) is 33.7 Å². The van der Waals surface area contributed by atoms with Gasteiger partial charge in [0.25, 0.3) is 0 Å². The molecule has 3 rings (SSSR count). The second-order valence-electron chi connectivity index (χ2n) is 4.82. The van der Waals surface area contributed by atoms with Crippen LogP contribution in [0.3, 0.4) is 0 Å². The Kier molecular flexibility index (Phi) is 3.50. The molecule has 0 amide bonds. The molecule has 2 aromatic heterocycles. The summed E-state index contributed by atoms with van der Waals surface area (Å²) in [6.45, 7) is 0.663. The fourth-order valence-electron chi connectivity index (χ4n) is 2.76. The molecule has 0 saturated carbocycles. The highest BCUT2D eigenvalue weighted by Gasteiger charge is 2.35. The molecule has 0 saturated heterocycles. The lowest BCUT2D eigenvalue weighted by atomic mass is 9.94. The lowest BCUT2D eigenvalue weighted by Crippen LogP contribution is -2.25. The minimum Gasteiger partial charge on any atom is -0.476 e. The van der Waals surface area contributed by atoms with Gasteiger partial charge in [-0.15, -0.1) is 11.3 Å². The number of aromatic carboxylic acids is 1. The number of esters is 1. The van der Waals surface area contributed by atoms with E-state index in [4.69, 9.17) is 4.74 Å². The van der Waals surface area contributed by atoms with Gasteiger partial charge in [0.2, 0.25) is 0 Å². The number of methoxy groups -OCH3 is 1. The molecule has 1 aliphatic heterocycles. The first-order valence-electron chi connectivity index (χ1n) is 6.59. The number of thiophene rings is 1. The van der Waals surface area contributed by atoms with E-state index in [1.807, 2.05) is 22.1 Å². The van der Waals surface area contributed by atoms with E-state index in [-0.39, 0.29) is 5.69 Å². The topological polar surface area (TPSA) is 81.4 Å². The summed E-state index contributed by atoms with van der Waals surface area (Å²) in [4.78, 5) is 28.6. The number of hydrogen-bond donors (Lipinski definition) is 1. The predicted octanol–water partition coefficient (Wildman–Crippen LogP) is 2.36. The van der Waals surface area contributed by atoms with Crippen molar-refractivity contribution in [2.75, 3.05) is 7.11 Å². The van der Waals surface area contributed by atoms with Gasteiger partial charge in [-0.2, -0.15) is 0 Å². The van der Waals surface area contributed by atoms with Gasteiger partial charge in [-0.3, -0.25) is 4.79 Å². The normalized spacial score (nSPS) is 17.3. The van der Waals surface area contributed by atoms with Crippen molar-refractivity contribution in [2.45, 2.75) is 25.3 Å². The number of ether oxygens (including phenoxy) is 1. The van der Waals surface area contributed by atoms with E-state index < -0.39 is 17.9 Å². The second-order valence-corrected chi connectivity index (χ2v) is 5.77. The van der Waals surface area contributed by atoms with Gasteiger partial charge >= 0.3 is 11.9 Å². The van der Waals surface area contributed by atoms with Crippen molar-refractivity contribution >= 4 is 23.3 Å². The van der Waals surface area contributed by atoms with E-state index in [0.29, 0.717) is 24.5 Å². The van der Waals surface area contributed by atoms with Crippen molar-refractivity contribution in [1.29, 1.82) is 0 Å². The SMILES string of the molecule is COC(=O)C1CCCn2c(-c3cccs3)nc(C(=O)O)c21. The molecule has 3 heterocycles. The highest BCUT2D eigenvalue weighted by molar-refractivity contribution is 7.13. The first-order valence-corrected chi connectivity index (χ1v) is 7.47. The van der Waals surface area contributed by atoms with Crippen LogP contribution in [0.15, 0.2) is 17.5 Å². The molecule has 0 fully saturated rings. The lowest BCUT2D eigenvalue weighted by molar-refractivity contribution is -0.143. The number of carboxylic acids is 1. The first-order chi connectivity index (χ1) is 10.1. The second kappa shape index (κ2) is 5.33. The Balaban J connectivity index is 2.20. The van der Waals surface area contributed by atoms with Crippen molar-refractivity contribution in [2.24, 2.45) is 0 Å². The van der Waals surface area contributed by atoms with Gasteiger partial charge in [0, 0.05) is 6.54 Å². The van der Waals surface area contributed by atoms with Crippen LogP contribution >= 0.6 is 11.3 Å². The standard InChI is InChI=1S/C14H14N2O4S/c1-20-14(19)8-4-2-6-16-11(8)10(13(17)18)15-12(16)9-5-3-7-21-9/h3,5,7-8H,2,4,6H2,1H3,(H,17,18). The zero-order chi connectivity index (χ0) is 15.0. The average Bonchev–Trinajstić information content (AvgIpc) is 3.12. The fraction of sp³-hybridized carbons (Fsp3) is 0.357. The van der Waals surface area contributed by atoms with Crippen LogP contribution in [0, 0.1) is 0 Å².